The molecule has 0 aliphatic carbocycles. The van der Waals surface area contributed by atoms with E-state index in [9.17, 15) is 9.59 Å². The first kappa shape index (κ1) is 14.0. The highest BCUT2D eigenvalue weighted by Gasteiger charge is 2.46. The summed E-state index contributed by atoms with van der Waals surface area (Å²) in [7, 11) is 3.67. The molecule has 3 unspecified atom stereocenters. The summed E-state index contributed by atoms with van der Waals surface area (Å²) in [5.74, 6) is -0.0115. The fraction of sp³-hybridized carbons (Fsp3) is 0.867. The van der Waals surface area contributed by atoms with Crippen LogP contribution in [0.2, 0.25) is 0 Å². The molecular formula is C15H25N3O2. The number of likely N-dealkylation sites (N-methyl/N-ethyl adjacent to an activating group) is 1. The Balaban J connectivity index is 1.79. The van der Waals surface area contributed by atoms with Crippen LogP contribution >= 0.6 is 0 Å². The van der Waals surface area contributed by atoms with Gasteiger partial charge in [-0.3, -0.25) is 19.4 Å². The maximum Gasteiger partial charge on any atom is 0.246 e. The summed E-state index contributed by atoms with van der Waals surface area (Å²) in [6.07, 6.45) is 7.14. The summed E-state index contributed by atoms with van der Waals surface area (Å²) < 4.78 is 0. The van der Waals surface area contributed by atoms with Gasteiger partial charge in [0.15, 0.2) is 0 Å². The predicted molar refractivity (Wildman–Crippen MR) is 76.1 cm³/mol. The lowest BCUT2D eigenvalue weighted by Gasteiger charge is -2.52. The molecule has 2 amide bonds. The topological polar surface area (TPSA) is 52.7 Å². The standard InChI is InChI=1S/C15H25N3O2/c1-16-10-8-11-4-3-5-12(9-10)18(11)13-6-7-14(19)17(2)15(13)20/h10-13,16H,3-9H2,1-2H3. The Hall–Kier alpha value is -0.940. The van der Waals surface area contributed by atoms with E-state index < -0.39 is 0 Å². The van der Waals surface area contributed by atoms with Crippen molar-refractivity contribution < 1.29 is 9.59 Å². The van der Waals surface area contributed by atoms with E-state index in [0.29, 0.717) is 31.0 Å². The second-order valence-corrected chi connectivity index (χ2v) is 6.49. The third-order valence-electron chi connectivity index (χ3n) is 5.42. The van der Waals surface area contributed by atoms with Crippen LogP contribution in [-0.2, 0) is 9.59 Å². The molecule has 0 radical (unpaired) electrons. The molecule has 5 heteroatoms. The van der Waals surface area contributed by atoms with Crippen molar-refractivity contribution in [2.45, 2.75) is 69.1 Å². The van der Waals surface area contributed by atoms with Crippen LogP contribution in [0.15, 0.2) is 0 Å². The molecule has 3 fully saturated rings. The summed E-state index contributed by atoms with van der Waals surface area (Å²) in [6.45, 7) is 0. The molecule has 3 saturated heterocycles. The monoisotopic (exact) mass is 279 g/mol. The van der Waals surface area contributed by atoms with Gasteiger partial charge in [-0.2, -0.15) is 0 Å². The molecular weight excluding hydrogens is 254 g/mol. The third-order valence-corrected chi connectivity index (χ3v) is 5.42. The van der Waals surface area contributed by atoms with Crippen molar-refractivity contribution in [3.8, 4) is 0 Å². The SMILES string of the molecule is CNC1CC2CCCC(C1)N2C1CCC(=O)N(C)C1=O. The van der Waals surface area contributed by atoms with E-state index >= 15 is 0 Å². The van der Waals surface area contributed by atoms with Crippen molar-refractivity contribution in [3.05, 3.63) is 0 Å². The number of fused-ring (bicyclic) bond motifs is 2. The number of amides is 2. The lowest BCUT2D eigenvalue weighted by molar-refractivity contribution is -0.155. The van der Waals surface area contributed by atoms with Crippen LogP contribution in [0.5, 0.6) is 0 Å². The van der Waals surface area contributed by atoms with Gasteiger partial charge in [0.05, 0.1) is 6.04 Å². The number of hydrogen-bond donors (Lipinski definition) is 1. The number of carbonyl (C=O) groups is 2. The Morgan fingerprint density at radius 1 is 1.10 bits per heavy atom. The van der Waals surface area contributed by atoms with Crippen LogP contribution in [-0.4, -0.2) is 59.9 Å². The number of nitrogens with zero attached hydrogens (tertiary/aromatic N) is 2. The van der Waals surface area contributed by atoms with Crippen molar-refractivity contribution in [3.63, 3.8) is 0 Å². The number of carbonyl (C=O) groups excluding carboxylic acids is 2. The summed E-state index contributed by atoms with van der Waals surface area (Å²) in [5, 5.41) is 3.41. The van der Waals surface area contributed by atoms with Gasteiger partial charge >= 0.3 is 0 Å². The Morgan fingerprint density at radius 3 is 2.35 bits per heavy atom. The Morgan fingerprint density at radius 2 is 1.75 bits per heavy atom. The van der Waals surface area contributed by atoms with E-state index in [1.54, 1.807) is 7.05 Å². The number of piperidine rings is 3. The molecule has 3 rings (SSSR count). The van der Waals surface area contributed by atoms with Gasteiger partial charge < -0.3 is 5.32 Å². The molecule has 1 N–H and O–H groups in total. The lowest BCUT2D eigenvalue weighted by atomic mass is 9.79. The zero-order valence-electron chi connectivity index (χ0n) is 12.5. The van der Waals surface area contributed by atoms with Crippen molar-refractivity contribution in [2.75, 3.05) is 14.1 Å². The minimum atomic E-state index is -0.0641. The molecule has 3 aliphatic rings. The van der Waals surface area contributed by atoms with Crippen LogP contribution in [0.3, 0.4) is 0 Å². The highest BCUT2D eigenvalue weighted by Crippen LogP contribution is 2.37. The van der Waals surface area contributed by atoms with Gasteiger partial charge in [-0.05, 0) is 39.2 Å². The van der Waals surface area contributed by atoms with E-state index in [1.807, 2.05) is 7.05 Å². The van der Waals surface area contributed by atoms with Gasteiger partial charge in [-0.25, -0.2) is 0 Å². The predicted octanol–water partition coefficient (Wildman–Crippen LogP) is 0.739. The Labute approximate surface area is 120 Å². The van der Waals surface area contributed by atoms with E-state index in [0.717, 1.165) is 12.8 Å². The summed E-state index contributed by atoms with van der Waals surface area (Å²) >= 11 is 0. The summed E-state index contributed by atoms with van der Waals surface area (Å²) in [4.78, 5) is 27.9. The summed E-state index contributed by atoms with van der Waals surface area (Å²) in [6, 6.07) is 1.54. The first-order chi connectivity index (χ1) is 9.61. The van der Waals surface area contributed by atoms with Crippen molar-refractivity contribution in [1.29, 1.82) is 0 Å². The zero-order chi connectivity index (χ0) is 14.3. The van der Waals surface area contributed by atoms with Crippen LogP contribution in [0.25, 0.3) is 0 Å². The highest BCUT2D eigenvalue weighted by molar-refractivity contribution is 6.00. The minimum Gasteiger partial charge on any atom is -0.317 e. The quantitative estimate of drug-likeness (QED) is 0.758. The Bertz CT molecular complexity index is 398. The molecule has 0 spiro atoms. The molecule has 0 aromatic heterocycles. The van der Waals surface area contributed by atoms with E-state index in [1.165, 1.54) is 24.2 Å². The van der Waals surface area contributed by atoms with Gasteiger partial charge in [0.1, 0.15) is 0 Å². The zero-order valence-corrected chi connectivity index (χ0v) is 12.5. The molecule has 0 aromatic rings. The third kappa shape index (κ3) is 2.27. The number of hydrogen-bond acceptors (Lipinski definition) is 4. The number of imide groups is 1. The minimum absolute atomic E-state index is 0.0149. The summed E-state index contributed by atoms with van der Waals surface area (Å²) in [5.41, 5.74) is 0. The van der Waals surface area contributed by atoms with Crippen molar-refractivity contribution in [1.82, 2.24) is 15.1 Å². The smallest absolute Gasteiger partial charge is 0.246 e. The molecule has 5 nitrogen and oxygen atoms in total. The fourth-order valence-electron chi connectivity index (χ4n) is 4.34. The van der Waals surface area contributed by atoms with Gasteiger partial charge in [0, 0.05) is 31.6 Å². The van der Waals surface area contributed by atoms with E-state index in [-0.39, 0.29) is 17.9 Å². The van der Waals surface area contributed by atoms with Crippen molar-refractivity contribution in [2.24, 2.45) is 0 Å². The van der Waals surface area contributed by atoms with Gasteiger partial charge in [0.25, 0.3) is 0 Å². The first-order valence-electron chi connectivity index (χ1n) is 7.87. The second-order valence-electron chi connectivity index (χ2n) is 6.49. The van der Waals surface area contributed by atoms with Crippen LogP contribution in [0.1, 0.15) is 44.9 Å². The Kier molecular flexibility index (Phi) is 3.82. The molecule has 3 heterocycles. The largest absolute Gasteiger partial charge is 0.317 e. The van der Waals surface area contributed by atoms with Crippen molar-refractivity contribution >= 4 is 11.8 Å². The normalized spacial score (nSPS) is 39.2. The number of nitrogens with one attached hydrogen (secondary N) is 1. The molecule has 3 aliphatic heterocycles. The van der Waals surface area contributed by atoms with Crippen LogP contribution in [0.4, 0.5) is 0 Å². The fourth-order valence-corrected chi connectivity index (χ4v) is 4.34. The van der Waals surface area contributed by atoms with Gasteiger partial charge in [-0.1, -0.05) is 6.42 Å². The molecule has 3 atom stereocenters. The van der Waals surface area contributed by atoms with Gasteiger partial charge in [0.2, 0.25) is 11.8 Å². The van der Waals surface area contributed by atoms with Crippen LogP contribution < -0.4 is 5.32 Å². The molecule has 20 heavy (non-hydrogen) atoms. The number of likely N-dealkylation sites (tertiary alicyclic amines) is 1. The maximum absolute atomic E-state index is 12.5. The number of rotatable bonds is 2. The average molecular weight is 279 g/mol. The molecule has 112 valence electrons. The first-order valence-corrected chi connectivity index (χ1v) is 7.87. The second kappa shape index (κ2) is 5.45. The maximum atomic E-state index is 12.5. The molecule has 0 aromatic carbocycles. The highest BCUT2D eigenvalue weighted by atomic mass is 16.2. The molecule has 2 bridgehead atoms. The van der Waals surface area contributed by atoms with Crippen LogP contribution in [0, 0.1) is 0 Å². The molecule has 0 saturated carbocycles. The average Bonchev–Trinajstić information content (AvgIpc) is 2.44. The van der Waals surface area contributed by atoms with E-state index in [2.05, 4.69) is 10.2 Å². The van der Waals surface area contributed by atoms with Gasteiger partial charge in [-0.15, -0.1) is 0 Å². The van der Waals surface area contributed by atoms with E-state index in [4.69, 9.17) is 0 Å². The lowest BCUT2D eigenvalue weighted by Crippen LogP contribution is -2.64.